The van der Waals surface area contributed by atoms with Gasteiger partial charge in [-0.3, -0.25) is 14.7 Å². The Morgan fingerprint density at radius 3 is 2.53 bits per heavy atom. The molecule has 3 heterocycles. The third-order valence-electron chi connectivity index (χ3n) is 5.28. The van der Waals surface area contributed by atoms with Gasteiger partial charge in [0.15, 0.2) is 0 Å². The van der Waals surface area contributed by atoms with Gasteiger partial charge in [0.1, 0.15) is 23.8 Å². The van der Waals surface area contributed by atoms with E-state index in [9.17, 15) is 9.59 Å². The quantitative estimate of drug-likeness (QED) is 0.686. The predicted octanol–water partition coefficient (Wildman–Crippen LogP) is 2.61. The number of carbonyl (C=O) groups is 2. The second-order valence-electron chi connectivity index (χ2n) is 9.22. The lowest BCUT2D eigenvalue weighted by Gasteiger charge is -2.35. The molecule has 0 spiro atoms. The molecule has 1 atom stereocenters. The van der Waals surface area contributed by atoms with Crippen LogP contribution in [0.25, 0.3) is 0 Å². The van der Waals surface area contributed by atoms with Gasteiger partial charge in [-0.1, -0.05) is 0 Å². The first-order valence-electron chi connectivity index (χ1n) is 10.4. The molecule has 2 aliphatic rings. The SMILES string of the molecule is CC(C)(C)OC(=O)N1[C@@H](COC(=O)C2CCN(c3cnccn3)CC2)COC1(C)C. The van der Waals surface area contributed by atoms with Crippen molar-refractivity contribution >= 4 is 17.9 Å². The lowest BCUT2D eigenvalue weighted by molar-refractivity contribution is -0.151. The average molecular weight is 421 g/mol. The first kappa shape index (κ1) is 22.3. The monoisotopic (exact) mass is 420 g/mol. The summed E-state index contributed by atoms with van der Waals surface area (Å²) in [4.78, 5) is 37.3. The van der Waals surface area contributed by atoms with Crippen molar-refractivity contribution in [2.45, 2.75) is 64.8 Å². The van der Waals surface area contributed by atoms with E-state index >= 15 is 0 Å². The summed E-state index contributed by atoms with van der Waals surface area (Å²) in [5.41, 5.74) is -1.43. The zero-order valence-corrected chi connectivity index (χ0v) is 18.5. The highest BCUT2D eigenvalue weighted by Crippen LogP contribution is 2.30. The van der Waals surface area contributed by atoms with E-state index in [0.29, 0.717) is 19.4 Å². The second kappa shape index (κ2) is 8.75. The van der Waals surface area contributed by atoms with Gasteiger partial charge in [0.05, 0.1) is 24.8 Å². The fraction of sp³-hybridized carbons (Fsp3) is 0.714. The first-order valence-corrected chi connectivity index (χ1v) is 10.4. The Balaban J connectivity index is 1.52. The van der Waals surface area contributed by atoms with E-state index in [0.717, 1.165) is 18.9 Å². The van der Waals surface area contributed by atoms with Crippen LogP contribution in [-0.2, 0) is 19.0 Å². The van der Waals surface area contributed by atoms with Gasteiger partial charge in [0.2, 0.25) is 0 Å². The highest BCUT2D eigenvalue weighted by molar-refractivity contribution is 5.73. The molecule has 2 saturated heterocycles. The summed E-state index contributed by atoms with van der Waals surface area (Å²) >= 11 is 0. The Hall–Kier alpha value is -2.42. The summed E-state index contributed by atoms with van der Waals surface area (Å²) < 4.78 is 16.9. The van der Waals surface area contributed by atoms with Crippen LogP contribution in [0.1, 0.15) is 47.5 Å². The van der Waals surface area contributed by atoms with E-state index in [2.05, 4.69) is 14.9 Å². The molecule has 1 aromatic rings. The normalized spacial score (nSPS) is 22.1. The number of hydrogen-bond acceptors (Lipinski definition) is 8. The molecule has 0 saturated carbocycles. The van der Waals surface area contributed by atoms with E-state index in [1.165, 1.54) is 4.90 Å². The number of esters is 1. The minimum atomic E-state index is -0.818. The van der Waals surface area contributed by atoms with Crippen molar-refractivity contribution in [3.63, 3.8) is 0 Å². The molecule has 9 nitrogen and oxygen atoms in total. The molecule has 0 unspecified atom stereocenters. The molecule has 0 aromatic carbocycles. The van der Waals surface area contributed by atoms with Crippen molar-refractivity contribution in [3.05, 3.63) is 18.6 Å². The smallest absolute Gasteiger partial charge is 0.413 e. The maximum Gasteiger partial charge on any atom is 0.413 e. The van der Waals surface area contributed by atoms with Gasteiger partial charge in [0, 0.05) is 25.5 Å². The van der Waals surface area contributed by atoms with E-state index in [-0.39, 0.29) is 24.5 Å². The van der Waals surface area contributed by atoms with Gasteiger partial charge in [-0.25, -0.2) is 9.78 Å². The average Bonchev–Trinajstić information content (AvgIpc) is 3.00. The molecule has 1 amide bonds. The maximum absolute atomic E-state index is 12.7. The summed E-state index contributed by atoms with van der Waals surface area (Å²) in [6.45, 7) is 10.9. The van der Waals surface area contributed by atoms with Crippen LogP contribution in [0.2, 0.25) is 0 Å². The predicted molar refractivity (Wildman–Crippen MR) is 110 cm³/mol. The maximum atomic E-state index is 12.7. The van der Waals surface area contributed by atoms with E-state index < -0.39 is 17.4 Å². The van der Waals surface area contributed by atoms with Crippen molar-refractivity contribution in [2.24, 2.45) is 5.92 Å². The van der Waals surface area contributed by atoms with Gasteiger partial charge in [-0.15, -0.1) is 0 Å². The number of hydrogen-bond donors (Lipinski definition) is 0. The Labute approximate surface area is 177 Å². The first-order chi connectivity index (χ1) is 14.1. The van der Waals surface area contributed by atoms with Crippen LogP contribution < -0.4 is 4.90 Å². The molecule has 30 heavy (non-hydrogen) atoms. The van der Waals surface area contributed by atoms with Gasteiger partial charge < -0.3 is 19.1 Å². The largest absolute Gasteiger partial charge is 0.463 e. The van der Waals surface area contributed by atoms with Crippen molar-refractivity contribution in [1.82, 2.24) is 14.9 Å². The standard InChI is InChI=1S/C21H32N4O5/c1-20(2,3)30-19(27)25-16(14-29-21(25,4)5)13-28-18(26)15-6-10-24(11-7-15)17-12-22-8-9-23-17/h8-9,12,15-16H,6-7,10-11,13-14H2,1-5H3/t16-/m0/s1. The summed E-state index contributed by atoms with van der Waals surface area (Å²) in [5.74, 6) is 0.425. The molecular weight excluding hydrogens is 388 g/mol. The Morgan fingerprint density at radius 2 is 1.93 bits per heavy atom. The lowest BCUT2D eigenvalue weighted by atomic mass is 9.97. The minimum Gasteiger partial charge on any atom is -0.463 e. The Bertz CT molecular complexity index is 742. The summed E-state index contributed by atoms with van der Waals surface area (Å²) in [7, 11) is 0. The van der Waals surface area contributed by atoms with Crippen LogP contribution in [0, 0.1) is 5.92 Å². The third-order valence-corrected chi connectivity index (χ3v) is 5.28. The Kier molecular flexibility index (Phi) is 6.50. The molecule has 2 fully saturated rings. The van der Waals surface area contributed by atoms with Gasteiger partial charge in [0.25, 0.3) is 0 Å². The third kappa shape index (κ3) is 5.38. The van der Waals surface area contributed by atoms with Crippen LogP contribution in [0.3, 0.4) is 0 Å². The van der Waals surface area contributed by atoms with E-state index in [1.54, 1.807) is 32.4 Å². The van der Waals surface area contributed by atoms with Crippen molar-refractivity contribution < 1.29 is 23.8 Å². The number of rotatable bonds is 4. The van der Waals surface area contributed by atoms with E-state index in [1.807, 2.05) is 20.8 Å². The summed E-state index contributed by atoms with van der Waals surface area (Å²) in [6.07, 6.45) is 5.95. The molecule has 0 N–H and O–H groups in total. The lowest BCUT2D eigenvalue weighted by Crippen LogP contribution is -2.51. The number of anilines is 1. The molecule has 9 heteroatoms. The van der Waals surface area contributed by atoms with Gasteiger partial charge in [-0.2, -0.15) is 0 Å². The highest BCUT2D eigenvalue weighted by Gasteiger charge is 2.46. The number of aromatic nitrogens is 2. The second-order valence-corrected chi connectivity index (χ2v) is 9.22. The van der Waals surface area contributed by atoms with Crippen molar-refractivity contribution in [3.8, 4) is 0 Å². The Morgan fingerprint density at radius 1 is 1.23 bits per heavy atom. The van der Waals surface area contributed by atoms with E-state index in [4.69, 9.17) is 14.2 Å². The van der Waals surface area contributed by atoms with Crippen molar-refractivity contribution in [2.75, 3.05) is 31.2 Å². The fourth-order valence-corrected chi connectivity index (χ4v) is 3.78. The molecular formula is C21H32N4O5. The van der Waals surface area contributed by atoms with Crippen LogP contribution in [0.5, 0.6) is 0 Å². The molecule has 0 radical (unpaired) electrons. The molecule has 0 aliphatic carbocycles. The van der Waals surface area contributed by atoms with Crippen molar-refractivity contribution in [1.29, 1.82) is 0 Å². The van der Waals surface area contributed by atoms with Crippen LogP contribution >= 0.6 is 0 Å². The zero-order valence-electron chi connectivity index (χ0n) is 18.5. The van der Waals surface area contributed by atoms with Gasteiger partial charge >= 0.3 is 12.1 Å². The van der Waals surface area contributed by atoms with Crippen LogP contribution in [-0.4, -0.2) is 70.6 Å². The highest BCUT2D eigenvalue weighted by atomic mass is 16.6. The molecule has 0 bridgehead atoms. The topological polar surface area (TPSA) is 94.1 Å². The minimum absolute atomic E-state index is 0.0892. The number of ether oxygens (including phenoxy) is 3. The molecule has 1 aromatic heterocycles. The number of amides is 1. The fourth-order valence-electron chi connectivity index (χ4n) is 3.78. The molecule has 166 valence electrons. The number of piperidine rings is 1. The van der Waals surface area contributed by atoms with Gasteiger partial charge in [-0.05, 0) is 47.5 Å². The molecule has 2 aliphatic heterocycles. The summed E-state index contributed by atoms with van der Waals surface area (Å²) in [6, 6.07) is -0.376. The van der Waals surface area contributed by atoms with Crippen LogP contribution in [0.4, 0.5) is 10.6 Å². The summed E-state index contributed by atoms with van der Waals surface area (Å²) in [5, 5.41) is 0. The molecule has 3 rings (SSSR count). The van der Waals surface area contributed by atoms with Crippen LogP contribution in [0.15, 0.2) is 18.6 Å². The zero-order chi connectivity index (χ0) is 21.9. The number of nitrogens with zero attached hydrogens (tertiary/aromatic N) is 4. The number of carbonyl (C=O) groups excluding carboxylic acids is 2.